The number of aromatic nitrogens is 3. The Hall–Kier alpha value is -1.23. The normalized spacial score (nSPS) is 13.9. The second-order valence-electron chi connectivity index (χ2n) is 6.16. The van der Waals surface area contributed by atoms with Gasteiger partial charge in [-0.05, 0) is 11.3 Å². The smallest absolute Gasteiger partial charge is 0.169 e. The molecule has 0 spiro atoms. The van der Waals surface area contributed by atoms with Crippen molar-refractivity contribution in [2.24, 2.45) is 11.3 Å². The van der Waals surface area contributed by atoms with E-state index in [-0.39, 0.29) is 12.2 Å². The number of nitrogens with zero attached hydrogens (tertiary/aromatic N) is 3. The van der Waals surface area contributed by atoms with E-state index < -0.39 is 11.5 Å². The van der Waals surface area contributed by atoms with Crippen LogP contribution in [0.15, 0.2) is 6.33 Å². The van der Waals surface area contributed by atoms with Gasteiger partial charge in [0, 0.05) is 6.54 Å². The lowest BCUT2D eigenvalue weighted by molar-refractivity contribution is -0.131. The molecule has 0 saturated carbocycles. The molecule has 5 nitrogen and oxygen atoms in total. The first-order chi connectivity index (χ1) is 8.21. The number of aliphatic hydroxyl groups excluding tert-OH is 1. The van der Waals surface area contributed by atoms with Gasteiger partial charge in [0.15, 0.2) is 5.78 Å². The summed E-state index contributed by atoms with van der Waals surface area (Å²) in [7, 11) is 0. The van der Waals surface area contributed by atoms with Gasteiger partial charge in [-0.1, -0.05) is 34.6 Å². The Morgan fingerprint density at radius 3 is 2.56 bits per heavy atom. The largest absolute Gasteiger partial charge is 0.385 e. The molecule has 0 radical (unpaired) electrons. The van der Waals surface area contributed by atoms with Crippen molar-refractivity contribution >= 4 is 5.78 Å². The summed E-state index contributed by atoms with van der Waals surface area (Å²) < 4.78 is 1.73. The predicted molar refractivity (Wildman–Crippen MR) is 69.0 cm³/mol. The molecular formula is C13H23N3O2. The van der Waals surface area contributed by atoms with Crippen LogP contribution in [0, 0.1) is 11.3 Å². The summed E-state index contributed by atoms with van der Waals surface area (Å²) in [6.45, 7) is 10.4. The van der Waals surface area contributed by atoms with Crippen LogP contribution < -0.4 is 0 Å². The van der Waals surface area contributed by atoms with Crippen molar-refractivity contribution in [3.63, 3.8) is 0 Å². The van der Waals surface area contributed by atoms with Gasteiger partial charge in [-0.15, -0.1) is 0 Å². The van der Waals surface area contributed by atoms with Crippen molar-refractivity contribution in [3.8, 4) is 0 Å². The van der Waals surface area contributed by atoms with Crippen molar-refractivity contribution in [2.45, 2.75) is 53.7 Å². The molecular weight excluding hydrogens is 230 g/mol. The summed E-state index contributed by atoms with van der Waals surface area (Å²) in [5.74, 6) is 0.852. The average Bonchev–Trinajstić information content (AvgIpc) is 2.62. The molecule has 102 valence electrons. The van der Waals surface area contributed by atoms with Crippen LogP contribution in [0.5, 0.6) is 0 Å². The van der Waals surface area contributed by atoms with E-state index in [4.69, 9.17) is 0 Å². The van der Waals surface area contributed by atoms with Crippen molar-refractivity contribution < 1.29 is 9.90 Å². The second kappa shape index (κ2) is 5.61. The third kappa shape index (κ3) is 3.91. The number of Topliss-reactive ketones (excluding diaryl/α,β-unsaturated/α-hetero) is 1. The van der Waals surface area contributed by atoms with Gasteiger partial charge in [0.25, 0.3) is 0 Å². The maximum atomic E-state index is 12.0. The van der Waals surface area contributed by atoms with Gasteiger partial charge in [-0.25, -0.2) is 9.67 Å². The zero-order valence-electron chi connectivity index (χ0n) is 11.8. The lowest BCUT2D eigenvalue weighted by atomic mass is 9.86. The van der Waals surface area contributed by atoms with Gasteiger partial charge in [-0.3, -0.25) is 4.79 Å². The minimum Gasteiger partial charge on any atom is -0.385 e. The highest BCUT2D eigenvalue weighted by atomic mass is 16.3. The van der Waals surface area contributed by atoms with Crippen LogP contribution in [0.1, 0.15) is 40.4 Å². The quantitative estimate of drug-likeness (QED) is 0.862. The number of ketones is 1. The molecule has 0 aromatic carbocycles. The van der Waals surface area contributed by atoms with Gasteiger partial charge < -0.3 is 5.11 Å². The Morgan fingerprint density at radius 2 is 2.06 bits per heavy atom. The monoisotopic (exact) mass is 253 g/mol. The Morgan fingerprint density at radius 1 is 1.44 bits per heavy atom. The summed E-state index contributed by atoms with van der Waals surface area (Å²) in [6.07, 6.45) is 0.612. The Bertz CT molecular complexity index is 405. The third-order valence-corrected chi connectivity index (χ3v) is 2.69. The summed E-state index contributed by atoms with van der Waals surface area (Å²) >= 11 is 0. The number of hydrogen-bond donors (Lipinski definition) is 1. The molecule has 0 amide bonds. The number of hydrogen-bond acceptors (Lipinski definition) is 4. The lowest BCUT2D eigenvalue weighted by Gasteiger charge is -2.24. The van der Waals surface area contributed by atoms with E-state index in [0.29, 0.717) is 11.7 Å². The molecule has 0 aliphatic rings. The number of carbonyl (C=O) groups excluding carboxylic acids is 1. The van der Waals surface area contributed by atoms with Crippen LogP contribution >= 0.6 is 0 Å². The van der Waals surface area contributed by atoms with Crippen molar-refractivity contribution in [3.05, 3.63) is 12.2 Å². The molecule has 0 aliphatic carbocycles. The van der Waals surface area contributed by atoms with E-state index >= 15 is 0 Å². The van der Waals surface area contributed by atoms with Gasteiger partial charge in [0.1, 0.15) is 18.3 Å². The highest BCUT2D eigenvalue weighted by molar-refractivity contribution is 5.85. The van der Waals surface area contributed by atoms with Crippen LogP contribution in [0.25, 0.3) is 0 Å². The van der Waals surface area contributed by atoms with Gasteiger partial charge in [0.2, 0.25) is 0 Å². The third-order valence-electron chi connectivity index (χ3n) is 2.69. The van der Waals surface area contributed by atoms with Crippen LogP contribution in [-0.2, 0) is 17.8 Å². The molecule has 1 N–H and O–H groups in total. The van der Waals surface area contributed by atoms with Gasteiger partial charge >= 0.3 is 0 Å². The SMILES string of the molecule is CC(C)Cn1ncnc1CC(=O)C(O)C(C)(C)C. The summed E-state index contributed by atoms with van der Waals surface area (Å²) in [5, 5.41) is 14.0. The zero-order chi connectivity index (χ0) is 13.9. The Labute approximate surface area is 108 Å². The predicted octanol–water partition coefficient (Wildman–Crippen LogP) is 1.45. The van der Waals surface area contributed by atoms with E-state index in [1.807, 2.05) is 20.8 Å². The summed E-state index contributed by atoms with van der Waals surface area (Å²) in [5.41, 5.74) is -0.444. The average molecular weight is 253 g/mol. The van der Waals surface area contributed by atoms with Crippen molar-refractivity contribution in [2.75, 3.05) is 0 Å². The molecule has 5 heteroatoms. The maximum absolute atomic E-state index is 12.0. The van der Waals surface area contributed by atoms with Crippen LogP contribution in [0.4, 0.5) is 0 Å². The van der Waals surface area contributed by atoms with Crippen molar-refractivity contribution in [1.82, 2.24) is 14.8 Å². The number of carbonyl (C=O) groups is 1. The number of aliphatic hydroxyl groups is 1. The van der Waals surface area contributed by atoms with Gasteiger partial charge in [0.05, 0.1) is 6.42 Å². The minimum absolute atomic E-state index is 0.130. The summed E-state index contributed by atoms with van der Waals surface area (Å²) in [4.78, 5) is 16.1. The molecule has 1 heterocycles. The van der Waals surface area contributed by atoms with Crippen LogP contribution in [0.2, 0.25) is 0 Å². The standard InChI is InChI=1S/C13H23N3O2/c1-9(2)7-16-11(14-8-15-16)6-10(17)12(18)13(3,4)5/h8-9,12,18H,6-7H2,1-5H3. The van der Waals surface area contributed by atoms with Gasteiger partial charge in [-0.2, -0.15) is 5.10 Å². The Balaban J connectivity index is 2.74. The van der Waals surface area contributed by atoms with Crippen LogP contribution in [0.3, 0.4) is 0 Å². The molecule has 1 aromatic heterocycles. The molecule has 1 atom stereocenters. The fourth-order valence-corrected chi connectivity index (χ4v) is 1.66. The first-order valence-electron chi connectivity index (χ1n) is 6.29. The molecule has 0 bridgehead atoms. The van der Waals surface area contributed by atoms with E-state index in [1.165, 1.54) is 6.33 Å². The van der Waals surface area contributed by atoms with E-state index in [0.717, 1.165) is 6.54 Å². The minimum atomic E-state index is -0.971. The molecule has 18 heavy (non-hydrogen) atoms. The highest BCUT2D eigenvalue weighted by Crippen LogP contribution is 2.20. The molecule has 0 aliphatic heterocycles. The first kappa shape index (κ1) is 14.8. The first-order valence-corrected chi connectivity index (χ1v) is 6.29. The zero-order valence-corrected chi connectivity index (χ0v) is 11.8. The molecule has 1 aromatic rings. The molecule has 0 saturated heterocycles. The molecule has 1 unspecified atom stereocenters. The summed E-state index contributed by atoms with van der Waals surface area (Å²) in [6, 6.07) is 0. The maximum Gasteiger partial charge on any atom is 0.169 e. The van der Waals surface area contributed by atoms with E-state index in [9.17, 15) is 9.90 Å². The lowest BCUT2D eigenvalue weighted by Crippen LogP contribution is -2.35. The Kier molecular flexibility index (Phi) is 4.62. The van der Waals surface area contributed by atoms with E-state index in [2.05, 4.69) is 23.9 Å². The molecule has 0 fully saturated rings. The topological polar surface area (TPSA) is 68.0 Å². The fourth-order valence-electron chi connectivity index (χ4n) is 1.66. The number of rotatable bonds is 5. The highest BCUT2D eigenvalue weighted by Gasteiger charge is 2.29. The second-order valence-corrected chi connectivity index (χ2v) is 6.16. The van der Waals surface area contributed by atoms with E-state index in [1.54, 1.807) is 4.68 Å². The molecule has 1 rings (SSSR count). The van der Waals surface area contributed by atoms with Crippen molar-refractivity contribution in [1.29, 1.82) is 0 Å². The fraction of sp³-hybridized carbons (Fsp3) is 0.769. The van der Waals surface area contributed by atoms with Crippen LogP contribution in [-0.4, -0.2) is 31.8 Å².